The van der Waals surface area contributed by atoms with Crippen LogP contribution in [-0.4, -0.2) is 17.8 Å². The van der Waals surface area contributed by atoms with Crippen LogP contribution in [0.25, 0.3) is 0 Å². The first kappa shape index (κ1) is 14.8. The summed E-state index contributed by atoms with van der Waals surface area (Å²) in [6.45, 7) is 4.68. The van der Waals surface area contributed by atoms with E-state index in [4.69, 9.17) is 11.6 Å². The number of rotatable bonds is 5. The highest BCUT2D eigenvalue weighted by Gasteiger charge is 2.11. The van der Waals surface area contributed by atoms with E-state index < -0.39 is 0 Å². The van der Waals surface area contributed by atoms with Crippen LogP contribution in [0.2, 0.25) is 0 Å². The van der Waals surface area contributed by atoms with Gasteiger partial charge in [-0.15, -0.1) is 11.6 Å². The fraction of sp³-hybridized carbons (Fsp3) is 0.462. The van der Waals surface area contributed by atoms with Gasteiger partial charge < -0.3 is 5.32 Å². The Hall–Kier alpha value is -0.290. The molecule has 0 heterocycles. The standard InChI is InChI=1S/C13H17ClINO/c1-3-10(14)7-8-16-13(17)11-6-4-5-9(2)12(11)15/h4-6,10H,3,7-8H2,1-2H3,(H,16,17). The largest absolute Gasteiger partial charge is 0.352 e. The highest BCUT2D eigenvalue weighted by atomic mass is 127. The highest BCUT2D eigenvalue weighted by Crippen LogP contribution is 2.16. The van der Waals surface area contributed by atoms with Gasteiger partial charge in [0.2, 0.25) is 0 Å². The van der Waals surface area contributed by atoms with Crippen LogP contribution in [0.1, 0.15) is 35.7 Å². The van der Waals surface area contributed by atoms with Crippen LogP contribution in [0.3, 0.4) is 0 Å². The number of halogens is 2. The number of alkyl halides is 1. The molecule has 0 fully saturated rings. The third-order valence-electron chi connectivity index (χ3n) is 2.62. The van der Waals surface area contributed by atoms with Gasteiger partial charge in [0.05, 0.1) is 5.56 Å². The van der Waals surface area contributed by atoms with E-state index in [0.717, 1.165) is 27.5 Å². The second-order valence-electron chi connectivity index (χ2n) is 3.99. The predicted molar refractivity (Wildman–Crippen MR) is 80.8 cm³/mol. The summed E-state index contributed by atoms with van der Waals surface area (Å²) in [5.41, 5.74) is 1.87. The van der Waals surface area contributed by atoms with E-state index in [-0.39, 0.29) is 11.3 Å². The topological polar surface area (TPSA) is 29.1 Å². The first-order chi connectivity index (χ1) is 8.06. The molecular weight excluding hydrogens is 349 g/mol. The molecule has 1 amide bonds. The molecule has 0 spiro atoms. The summed E-state index contributed by atoms with van der Waals surface area (Å²) in [4.78, 5) is 11.9. The number of hydrogen-bond acceptors (Lipinski definition) is 1. The van der Waals surface area contributed by atoms with E-state index in [1.165, 1.54) is 0 Å². The van der Waals surface area contributed by atoms with Gasteiger partial charge in [-0.25, -0.2) is 0 Å². The minimum Gasteiger partial charge on any atom is -0.352 e. The summed E-state index contributed by atoms with van der Waals surface area (Å²) in [7, 11) is 0. The molecule has 0 radical (unpaired) electrons. The van der Waals surface area contributed by atoms with Crippen molar-refractivity contribution in [2.45, 2.75) is 32.1 Å². The molecule has 0 aliphatic carbocycles. The summed E-state index contributed by atoms with van der Waals surface area (Å²) in [6.07, 6.45) is 1.74. The Balaban J connectivity index is 2.56. The average Bonchev–Trinajstić information content (AvgIpc) is 2.32. The molecule has 1 atom stereocenters. The minimum absolute atomic E-state index is 0.0157. The minimum atomic E-state index is -0.0157. The number of amides is 1. The van der Waals surface area contributed by atoms with Crippen molar-refractivity contribution in [2.24, 2.45) is 0 Å². The fourth-order valence-electron chi connectivity index (χ4n) is 1.46. The number of benzene rings is 1. The van der Waals surface area contributed by atoms with Gasteiger partial charge in [-0.1, -0.05) is 19.1 Å². The average molecular weight is 366 g/mol. The molecule has 17 heavy (non-hydrogen) atoms. The summed E-state index contributed by atoms with van der Waals surface area (Å²) < 4.78 is 1.01. The monoisotopic (exact) mass is 365 g/mol. The molecule has 1 unspecified atom stereocenters. The van der Waals surface area contributed by atoms with Crippen LogP contribution in [-0.2, 0) is 0 Å². The van der Waals surface area contributed by atoms with Crippen molar-refractivity contribution < 1.29 is 4.79 Å². The van der Waals surface area contributed by atoms with Crippen molar-refractivity contribution in [3.8, 4) is 0 Å². The Morgan fingerprint density at radius 2 is 2.24 bits per heavy atom. The molecule has 0 saturated heterocycles. The molecule has 0 saturated carbocycles. The molecule has 0 aliphatic rings. The van der Waals surface area contributed by atoms with Gasteiger partial charge in [-0.05, 0) is 54.0 Å². The lowest BCUT2D eigenvalue weighted by molar-refractivity contribution is 0.0952. The third kappa shape index (κ3) is 4.47. The van der Waals surface area contributed by atoms with Crippen molar-refractivity contribution in [2.75, 3.05) is 6.54 Å². The molecule has 0 aromatic heterocycles. The molecule has 1 N–H and O–H groups in total. The van der Waals surface area contributed by atoms with Gasteiger partial charge in [-0.3, -0.25) is 4.79 Å². The SMILES string of the molecule is CCC(Cl)CCNC(=O)c1cccc(C)c1I. The Morgan fingerprint density at radius 1 is 1.53 bits per heavy atom. The molecule has 94 valence electrons. The normalized spacial score (nSPS) is 12.2. The van der Waals surface area contributed by atoms with Gasteiger partial charge in [0.1, 0.15) is 0 Å². The fourth-order valence-corrected chi connectivity index (χ4v) is 2.18. The lowest BCUT2D eigenvalue weighted by atomic mass is 10.1. The molecule has 0 bridgehead atoms. The summed E-state index contributed by atoms with van der Waals surface area (Å²) >= 11 is 8.20. The van der Waals surface area contributed by atoms with Crippen LogP contribution in [0.5, 0.6) is 0 Å². The first-order valence-corrected chi connectivity index (χ1v) is 7.25. The first-order valence-electron chi connectivity index (χ1n) is 5.73. The van der Waals surface area contributed by atoms with Gasteiger partial charge in [-0.2, -0.15) is 0 Å². The number of carbonyl (C=O) groups is 1. The van der Waals surface area contributed by atoms with Crippen molar-refractivity contribution >= 4 is 40.1 Å². The summed E-state index contributed by atoms with van der Waals surface area (Å²) in [5, 5.41) is 3.05. The molecular formula is C13H17ClINO. The molecule has 4 heteroatoms. The van der Waals surface area contributed by atoms with Crippen LogP contribution in [0, 0.1) is 10.5 Å². The van der Waals surface area contributed by atoms with Crippen molar-refractivity contribution in [1.29, 1.82) is 0 Å². The van der Waals surface area contributed by atoms with E-state index >= 15 is 0 Å². The molecule has 1 rings (SSSR count). The molecule has 2 nitrogen and oxygen atoms in total. The van der Waals surface area contributed by atoms with E-state index in [1.807, 2.05) is 32.0 Å². The van der Waals surface area contributed by atoms with E-state index in [1.54, 1.807) is 0 Å². The Morgan fingerprint density at radius 3 is 2.88 bits per heavy atom. The lowest BCUT2D eigenvalue weighted by Gasteiger charge is -2.10. The zero-order valence-electron chi connectivity index (χ0n) is 10.1. The van der Waals surface area contributed by atoms with E-state index in [0.29, 0.717) is 6.54 Å². The quantitative estimate of drug-likeness (QED) is 0.625. The van der Waals surface area contributed by atoms with Gasteiger partial charge in [0.15, 0.2) is 0 Å². The number of carbonyl (C=O) groups excluding carboxylic acids is 1. The number of aryl methyl sites for hydroxylation is 1. The molecule has 1 aromatic carbocycles. The van der Waals surface area contributed by atoms with Crippen molar-refractivity contribution in [3.05, 3.63) is 32.9 Å². The number of hydrogen-bond donors (Lipinski definition) is 1. The van der Waals surface area contributed by atoms with Crippen molar-refractivity contribution in [1.82, 2.24) is 5.32 Å². The maximum Gasteiger partial charge on any atom is 0.252 e. The maximum atomic E-state index is 11.9. The Labute approximate surface area is 121 Å². The zero-order chi connectivity index (χ0) is 12.8. The third-order valence-corrected chi connectivity index (χ3v) is 4.58. The lowest BCUT2D eigenvalue weighted by Crippen LogP contribution is -2.26. The Kier molecular flexibility index (Phi) is 6.27. The van der Waals surface area contributed by atoms with Crippen LogP contribution in [0.4, 0.5) is 0 Å². The zero-order valence-corrected chi connectivity index (χ0v) is 13.0. The molecule has 1 aromatic rings. The highest BCUT2D eigenvalue weighted by molar-refractivity contribution is 14.1. The van der Waals surface area contributed by atoms with E-state index in [9.17, 15) is 4.79 Å². The molecule has 0 aliphatic heterocycles. The summed E-state index contributed by atoms with van der Waals surface area (Å²) in [5.74, 6) is -0.0157. The van der Waals surface area contributed by atoms with Crippen molar-refractivity contribution in [3.63, 3.8) is 0 Å². The number of nitrogens with one attached hydrogen (secondary N) is 1. The van der Waals surface area contributed by atoms with Gasteiger partial charge in [0.25, 0.3) is 5.91 Å². The van der Waals surface area contributed by atoms with Crippen LogP contribution in [0.15, 0.2) is 18.2 Å². The Bertz CT molecular complexity index is 395. The maximum absolute atomic E-state index is 11.9. The second-order valence-corrected chi connectivity index (χ2v) is 5.68. The summed E-state index contributed by atoms with van der Waals surface area (Å²) in [6, 6.07) is 5.76. The van der Waals surface area contributed by atoms with Gasteiger partial charge in [0, 0.05) is 15.5 Å². The second kappa shape index (κ2) is 7.21. The predicted octanol–water partition coefficient (Wildman–Crippen LogP) is 3.74. The van der Waals surface area contributed by atoms with Crippen LogP contribution >= 0.6 is 34.2 Å². The van der Waals surface area contributed by atoms with Gasteiger partial charge >= 0.3 is 0 Å². The van der Waals surface area contributed by atoms with Crippen LogP contribution < -0.4 is 5.32 Å². The van der Waals surface area contributed by atoms with E-state index in [2.05, 4.69) is 27.9 Å². The smallest absolute Gasteiger partial charge is 0.252 e.